The molecule has 0 aliphatic carbocycles. The van der Waals surface area contributed by atoms with Crippen LogP contribution in [0.3, 0.4) is 0 Å². The molecule has 0 saturated heterocycles. The van der Waals surface area contributed by atoms with Crippen LogP contribution in [-0.2, 0) is 25.5 Å². The van der Waals surface area contributed by atoms with Gasteiger partial charge < -0.3 is 0 Å². The number of nitrogens with one attached hydrogen (secondary N) is 1. The summed E-state index contributed by atoms with van der Waals surface area (Å²) in [6.07, 6.45) is 0.293. The molecule has 0 amide bonds. The van der Waals surface area contributed by atoms with Gasteiger partial charge in [0.05, 0.1) is 11.5 Å². The average Bonchev–Trinajstić information content (AvgIpc) is 2.55. The zero-order valence-electron chi connectivity index (χ0n) is 13.7. The first-order valence-electron chi connectivity index (χ1n) is 7.64. The second-order valence-corrected chi connectivity index (χ2v) is 8.51. The standard InChI is InChI=1S/C17H21NO4PS/c1-3-22-23(19)17(13-15-7-5-4-6-8-15)18-24(20,21)16-11-9-14(2)10-12-16/h4-12,17-18H,3,13H2,1-2H3/q+1/t17-/m1/s1. The van der Waals surface area contributed by atoms with Gasteiger partial charge in [0.1, 0.15) is 0 Å². The average molecular weight is 366 g/mol. The van der Waals surface area contributed by atoms with Gasteiger partial charge in [0.2, 0.25) is 10.0 Å². The number of benzene rings is 2. The minimum atomic E-state index is -3.77. The second-order valence-electron chi connectivity index (χ2n) is 5.34. The summed E-state index contributed by atoms with van der Waals surface area (Å²) in [5, 5.41) is 0. The first kappa shape index (κ1) is 18.7. The van der Waals surface area contributed by atoms with Crippen molar-refractivity contribution in [3.8, 4) is 0 Å². The summed E-state index contributed by atoms with van der Waals surface area (Å²) < 4.78 is 45.1. The van der Waals surface area contributed by atoms with Crippen molar-refractivity contribution >= 4 is 18.1 Å². The van der Waals surface area contributed by atoms with Crippen molar-refractivity contribution in [2.24, 2.45) is 0 Å². The van der Waals surface area contributed by atoms with Crippen LogP contribution in [0, 0.1) is 6.92 Å². The van der Waals surface area contributed by atoms with Gasteiger partial charge in [-0.1, -0.05) is 48.0 Å². The third kappa shape index (κ3) is 5.21. The second kappa shape index (κ2) is 8.49. The Morgan fingerprint density at radius 3 is 2.29 bits per heavy atom. The molecule has 0 fully saturated rings. The Labute approximate surface area is 144 Å². The first-order valence-corrected chi connectivity index (χ1v) is 10.4. The van der Waals surface area contributed by atoms with Crippen LogP contribution in [-0.4, -0.2) is 20.8 Å². The molecule has 0 bridgehead atoms. The fourth-order valence-corrected chi connectivity index (χ4v) is 4.81. The zero-order valence-corrected chi connectivity index (χ0v) is 15.4. The van der Waals surface area contributed by atoms with E-state index in [2.05, 4.69) is 4.72 Å². The van der Waals surface area contributed by atoms with Crippen LogP contribution in [0.5, 0.6) is 0 Å². The summed E-state index contributed by atoms with van der Waals surface area (Å²) >= 11 is 0. The van der Waals surface area contributed by atoms with Crippen LogP contribution in [0.2, 0.25) is 0 Å². The fourth-order valence-electron chi connectivity index (χ4n) is 2.18. The highest BCUT2D eigenvalue weighted by Crippen LogP contribution is 2.31. The third-order valence-electron chi connectivity index (χ3n) is 3.41. The highest BCUT2D eigenvalue weighted by atomic mass is 32.2. The van der Waals surface area contributed by atoms with Crippen LogP contribution < -0.4 is 4.72 Å². The summed E-state index contributed by atoms with van der Waals surface area (Å²) in [4.78, 5) is 0.145. The first-order chi connectivity index (χ1) is 11.4. The van der Waals surface area contributed by atoms with Gasteiger partial charge in [-0.2, -0.15) is 4.72 Å². The fraction of sp³-hybridized carbons (Fsp3) is 0.294. The molecule has 0 heterocycles. The van der Waals surface area contributed by atoms with Crippen LogP contribution in [0.15, 0.2) is 59.5 Å². The van der Waals surface area contributed by atoms with Crippen LogP contribution in [0.4, 0.5) is 0 Å². The van der Waals surface area contributed by atoms with E-state index in [1.165, 1.54) is 12.1 Å². The molecule has 7 heteroatoms. The van der Waals surface area contributed by atoms with E-state index < -0.39 is 23.8 Å². The molecular weight excluding hydrogens is 345 g/mol. The van der Waals surface area contributed by atoms with Gasteiger partial charge in [0, 0.05) is 6.42 Å². The predicted molar refractivity (Wildman–Crippen MR) is 94.7 cm³/mol. The number of rotatable bonds is 8. The third-order valence-corrected chi connectivity index (χ3v) is 6.40. The summed E-state index contributed by atoms with van der Waals surface area (Å²) in [6.45, 7) is 3.86. The molecule has 2 aromatic carbocycles. The maximum atomic E-state index is 12.6. The highest BCUT2D eigenvalue weighted by molar-refractivity contribution is 7.89. The molecular formula is C17H21NO4PS+. The van der Waals surface area contributed by atoms with Gasteiger partial charge in [0.25, 0.3) is 5.78 Å². The topological polar surface area (TPSA) is 72.5 Å². The molecule has 24 heavy (non-hydrogen) atoms. The Balaban J connectivity index is 2.23. The maximum absolute atomic E-state index is 12.6. The van der Waals surface area contributed by atoms with Crippen LogP contribution in [0.1, 0.15) is 18.1 Å². The van der Waals surface area contributed by atoms with E-state index in [1.807, 2.05) is 37.3 Å². The quantitative estimate of drug-likeness (QED) is 0.724. The van der Waals surface area contributed by atoms with Gasteiger partial charge in [-0.3, -0.25) is 0 Å². The number of aryl methyl sites for hydroxylation is 1. The molecule has 1 N–H and O–H groups in total. The van der Waals surface area contributed by atoms with E-state index in [4.69, 9.17) is 4.52 Å². The van der Waals surface area contributed by atoms with E-state index in [0.29, 0.717) is 6.42 Å². The van der Waals surface area contributed by atoms with Crippen LogP contribution in [0.25, 0.3) is 0 Å². The van der Waals surface area contributed by atoms with Crippen molar-refractivity contribution in [2.75, 3.05) is 6.61 Å². The summed E-state index contributed by atoms with van der Waals surface area (Å²) in [6, 6.07) is 15.8. The minimum absolute atomic E-state index is 0.145. The lowest BCUT2D eigenvalue weighted by Crippen LogP contribution is -2.34. The number of hydrogen-bond donors (Lipinski definition) is 1. The number of sulfonamides is 1. The largest absolute Gasteiger partial charge is 0.528 e. The van der Waals surface area contributed by atoms with Crippen molar-refractivity contribution in [3.63, 3.8) is 0 Å². The molecule has 0 saturated carbocycles. The molecule has 2 rings (SSSR count). The molecule has 0 aliphatic rings. The number of hydrogen-bond acceptors (Lipinski definition) is 4. The SMILES string of the molecule is CCO[P+](=O)[C@H](Cc1ccccc1)NS(=O)(=O)c1ccc(C)cc1. The lowest BCUT2D eigenvalue weighted by molar-refractivity contribution is 0.341. The van der Waals surface area contributed by atoms with Crippen molar-refractivity contribution < 1.29 is 17.5 Å². The minimum Gasteiger partial charge on any atom is -0.207 e. The molecule has 0 aliphatic heterocycles. The smallest absolute Gasteiger partial charge is 0.207 e. The molecule has 0 aromatic heterocycles. The zero-order chi connectivity index (χ0) is 17.6. The van der Waals surface area contributed by atoms with E-state index >= 15 is 0 Å². The Bertz CT molecular complexity index is 776. The summed E-state index contributed by atoms with van der Waals surface area (Å²) in [5.74, 6) is -0.825. The van der Waals surface area contributed by atoms with Crippen molar-refractivity contribution in [2.45, 2.75) is 30.9 Å². The summed E-state index contributed by atoms with van der Waals surface area (Å²) in [5.41, 5.74) is 1.85. The molecule has 0 spiro atoms. The molecule has 1 unspecified atom stereocenters. The van der Waals surface area contributed by atoms with Crippen LogP contribution >= 0.6 is 8.03 Å². The summed E-state index contributed by atoms with van der Waals surface area (Å²) in [7, 11) is -5.94. The molecule has 128 valence electrons. The maximum Gasteiger partial charge on any atom is 0.528 e. The molecule has 5 nitrogen and oxygen atoms in total. The Morgan fingerprint density at radius 2 is 1.71 bits per heavy atom. The molecule has 2 aromatic rings. The van der Waals surface area contributed by atoms with Crippen molar-refractivity contribution in [1.82, 2.24) is 4.72 Å². The Kier molecular flexibility index (Phi) is 6.63. The monoisotopic (exact) mass is 366 g/mol. The Hall–Kier alpha value is -1.59. The molecule has 0 radical (unpaired) electrons. The van der Waals surface area contributed by atoms with E-state index in [9.17, 15) is 13.0 Å². The van der Waals surface area contributed by atoms with Gasteiger partial charge in [-0.25, -0.2) is 8.42 Å². The van der Waals surface area contributed by atoms with E-state index in [1.54, 1.807) is 19.1 Å². The lowest BCUT2D eigenvalue weighted by Gasteiger charge is -2.10. The van der Waals surface area contributed by atoms with E-state index in [0.717, 1.165) is 11.1 Å². The normalized spacial score (nSPS) is 13.5. The van der Waals surface area contributed by atoms with Gasteiger partial charge in [-0.15, -0.1) is 4.52 Å². The van der Waals surface area contributed by atoms with Gasteiger partial charge >= 0.3 is 8.03 Å². The van der Waals surface area contributed by atoms with E-state index in [-0.39, 0.29) is 11.5 Å². The van der Waals surface area contributed by atoms with Crippen molar-refractivity contribution in [1.29, 1.82) is 0 Å². The highest BCUT2D eigenvalue weighted by Gasteiger charge is 2.36. The Morgan fingerprint density at radius 1 is 1.08 bits per heavy atom. The van der Waals surface area contributed by atoms with Gasteiger partial charge in [0.15, 0.2) is 0 Å². The molecule has 2 atom stereocenters. The van der Waals surface area contributed by atoms with Crippen molar-refractivity contribution in [3.05, 3.63) is 65.7 Å². The lowest BCUT2D eigenvalue weighted by atomic mass is 10.1. The predicted octanol–water partition coefficient (Wildman–Crippen LogP) is 3.62. The van der Waals surface area contributed by atoms with Gasteiger partial charge in [-0.05, 0) is 36.1 Å².